The molecule has 0 radical (unpaired) electrons. The van der Waals surface area contributed by atoms with Crippen molar-refractivity contribution in [1.29, 1.82) is 0 Å². The van der Waals surface area contributed by atoms with Gasteiger partial charge in [0.2, 0.25) is 0 Å². The van der Waals surface area contributed by atoms with Gasteiger partial charge in [0.25, 0.3) is 0 Å². The van der Waals surface area contributed by atoms with E-state index in [2.05, 4.69) is 31.2 Å². The van der Waals surface area contributed by atoms with Crippen LogP contribution >= 0.6 is 0 Å². The van der Waals surface area contributed by atoms with Crippen molar-refractivity contribution in [2.75, 3.05) is 0 Å². The highest BCUT2D eigenvalue weighted by atomic mass is 32.2. The molecule has 0 amide bonds. The molecule has 0 aliphatic heterocycles. The summed E-state index contributed by atoms with van der Waals surface area (Å²) >= 11 is 0. The van der Waals surface area contributed by atoms with E-state index in [9.17, 15) is 17.8 Å². The van der Waals surface area contributed by atoms with Crippen LogP contribution in [-0.4, -0.2) is 18.9 Å². The minimum atomic E-state index is -4.64. The van der Waals surface area contributed by atoms with Crippen LogP contribution in [0.1, 0.15) is 71.9 Å². The summed E-state index contributed by atoms with van der Waals surface area (Å²) < 4.78 is 41.3. The van der Waals surface area contributed by atoms with Crippen LogP contribution in [0.25, 0.3) is 0 Å². The lowest BCUT2D eigenvalue weighted by Gasteiger charge is -2.48. The van der Waals surface area contributed by atoms with Crippen LogP contribution in [0, 0.1) is 18.8 Å². The zero-order valence-electron chi connectivity index (χ0n) is 19.6. The quantitative estimate of drug-likeness (QED) is 0.284. The van der Waals surface area contributed by atoms with Gasteiger partial charge in [0.05, 0.1) is 10.8 Å². The van der Waals surface area contributed by atoms with E-state index in [-0.39, 0.29) is 40.5 Å². The number of aryl methyl sites for hydroxylation is 1. The Bertz CT molecular complexity index is 1360. The SMILES string of the molecule is Cc1cc(S(=O)(=O)[O-])c(C(C)C)cc1OC(=O)C1C2c3ccccc3C(c3ccccc32)C1C. The summed E-state index contributed by atoms with van der Waals surface area (Å²) in [6, 6.07) is 19.5. The normalized spacial score (nSPS) is 22.9. The van der Waals surface area contributed by atoms with Crippen LogP contribution < -0.4 is 4.74 Å². The maximum atomic E-state index is 13.7. The molecule has 34 heavy (non-hydrogen) atoms. The van der Waals surface area contributed by atoms with Crippen LogP contribution in [0.15, 0.2) is 65.6 Å². The third-order valence-electron chi connectivity index (χ3n) is 7.47. The highest BCUT2D eigenvalue weighted by Gasteiger charge is 2.51. The molecule has 0 heterocycles. The number of carbonyl (C=O) groups is 1. The first-order valence-electron chi connectivity index (χ1n) is 11.6. The van der Waals surface area contributed by atoms with Crippen LogP contribution in [0.5, 0.6) is 5.75 Å². The molecule has 2 unspecified atom stereocenters. The Morgan fingerprint density at radius 2 is 1.41 bits per heavy atom. The van der Waals surface area contributed by atoms with Crippen molar-refractivity contribution in [2.45, 2.75) is 50.3 Å². The van der Waals surface area contributed by atoms with E-state index in [1.807, 2.05) is 24.3 Å². The maximum Gasteiger partial charge on any atom is 0.315 e. The third kappa shape index (κ3) is 3.48. The molecule has 0 fully saturated rings. The monoisotopic (exact) mass is 475 g/mol. The zero-order chi connectivity index (χ0) is 24.4. The van der Waals surface area contributed by atoms with Gasteiger partial charge in [-0.15, -0.1) is 0 Å². The standard InChI is InChI=1S/C28H28O5S/c1-15(2)22-14-23(16(3)13-24(22)34(30,31)32)33-28(29)26-17(4)25-18-9-5-7-11-20(18)27(26)21-12-8-6-10-19(21)25/h5-15,17,25-27H,1-4H3,(H,30,31,32)/p-1. The van der Waals surface area contributed by atoms with E-state index >= 15 is 0 Å². The average molecular weight is 476 g/mol. The predicted octanol–water partition coefficient (Wildman–Crippen LogP) is 5.47. The molecule has 3 aromatic rings. The van der Waals surface area contributed by atoms with Crippen molar-refractivity contribution in [3.8, 4) is 5.75 Å². The molecule has 3 aliphatic rings. The minimum absolute atomic E-state index is 0.0356. The summed E-state index contributed by atoms with van der Waals surface area (Å²) in [4.78, 5) is 13.4. The number of hydrogen-bond donors (Lipinski definition) is 0. The van der Waals surface area contributed by atoms with E-state index in [1.165, 1.54) is 34.4 Å². The van der Waals surface area contributed by atoms with Crippen LogP contribution in [0.4, 0.5) is 0 Å². The molecular formula is C28H27O5S-. The van der Waals surface area contributed by atoms with Gasteiger partial charge < -0.3 is 9.29 Å². The Kier molecular flexibility index (Phi) is 5.41. The molecule has 2 bridgehead atoms. The van der Waals surface area contributed by atoms with Gasteiger partial charge in [-0.2, -0.15) is 0 Å². The van der Waals surface area contributed by atoms with Gasteiger partial charge >= 0.3 is 5.97 Å². The van der Waals surface area contributed by atoms with Gasteiger partial charge in [0.15, 0.2) is 0 Å². The topological polar surface area (TPSA) is 83.5 Å². The lowest BCUT2D eigenvalue weighted by atomic mass is 9.54. The zero-order valence-corrected chi connectivity index (χ0v) is 20.4. The molecule has 0 N–H and O–H groups in total. The maximum absolute atomic E-state index is 13.7. The lowest BCUT2D eigenvalue weighted by molar-refractivity contribution is -0.142. The molecular weight excluding hydrogens is 448 g/mol. The number of esters is 1. The average Bonchev–Trinajstić information content (AvgIpc) is 2.79. The van der Waals surface area contributed by atoms with Gasteiger partial charge in [0, 0.05) is 11.8 Å². The third-order valence-corrected chi connectivity index (χ3v) is 8.36. The summed E-state index contributed by atoms with van der Waals surface area (Å²) in [5.74, 6) is -0.590. The molecule has 6 heteroatoms. The summed E-state index contributed by atoms with van der Waals surface area (Å²) in [7, 11) is -4.64. The van der Waals surface area contributed by atoms with Gasteiger partial charge in [-0.1, -0.05) is 69.3 Å². The molecule has 0 aromatic heterocycles. The predicted molar refractivity (Wildman–Crippen MR) is 128 cm³/mol. The van der Waals surface area contributed by atoms with E-state index < -0.39 is 10.1 Å². The smallest absolute Gasteiger partial charge is 0.315 e. The van der Waals surface area contributed by atoms with Gasteiger partial charge in [0.1, 0.15) is 15.9 Å². The highest BCUT2D eigenvalue weighted by Crippen LogP contribution is 2.58. The van der Waals surface area contributed by atoms with Gasteiger partial charge in [-0.05, 0) is 64.3 Å². The molecule has 3 aromatic carbocycles. The van der Waals surface area contributed by atoms with Crippen molar-refractivity contribution in [2.24, 2.45) is 11.8 Å². The number of benzene rings is 3. The van der Waals surface area contributed by atoms with Crippen molar-refractivity contribution in [1.82, 2.24) is 0 Å². The number of fused-ring (bicyclic) bond motifs is 1. The first-order chi connectivity index (χ1) is 16.1. The molecule has 6 rings (SSSR count). The van der Waals surface area contributed by atoms with E-state index in [0.29, 0.717) is 16.9 Å². The van der Waals surface area contributed by atoms with Crippen molar-refractivity contribution in [3.63, 3.8) is 0 Å². The summed E-state index contributed by atoms with van der Waals surface area (Å²) in [5.41, 5.74) is 5.67. The fourth-order valence-electron chi connectivity index (χ4n) is 5.94. The first kappa shape index (κ1) is 22.8. The van der Waals surface area contributed by atoms with Crippen LogP contribution in [-0.2, 0) is 14.9 Å². The second kappa shape index (κ2) is 8.07. The fraction of sp³-hybridized carbons (Fsp3) is 0.321. The van der Waals surface area contributed by atoms with Gasteiger partial charge in [-0.25, -0.2) is 8.42 Å². The molecule has 176 valence electrons. The first-order valence-corrected chi connectivity index (χ1v) is 13.0. The van der Waals surface area contributed by atoms with Crippen molar-refractivity contribution in [3.05, 3.63) is 94.0 Å². The molecule has 3 aliphatic carbocycles. The minimum Gasteiger partial charge on any atom is -0.744 e. The summed E-state index contributed by atoms with van der Waals surface area (Å²) in [5, 5.41) is 0. The van der Waals surface area contributed by atoms with Crippen LogP contribution in [0.3, 0.4) is 0 Å². The second-order valence-electron chi connectivity index (χ2n) is 9.78. The fourth-order valence-corrected chi connectivity index (χ4v) is 6.84. The Labute approximate surface area is 200 Å². The molecule has 5 nitrogen and oxygen atoms in total. The number of ether oxygens (including phenoxy) is 1. The highest BCUT2D eigenvalue weighted by molar-refractivity contribution is 7.85. The lowest BCUT2D eigenvalue weighted by Crippen LogP contribution is -2.44. The Morgan fingerprint density at radius 1 is 0.912 bits per heavy atom. The Morgan fingerprint density at radius 3 is 1.88 bits per heavy atom. The summed E-state index contributed by atoms with van der Waals surface area (Å²) in [6.45, 7) is 7.37. The Balaban J connectivity index is 1.57. The molecule has 0 saturated heterocycles. The number of hydrogen-bond acceptors (Lipinski definition) is 5. The van der Waals surface area contributed by atoms with E-state index in [0.717, 1.165) is 0 Å². The molecule has 0 spiro atoms. The van der Waals surface area contributed by atoms with E-state index in [4.69, 9.17) is 4.74 Å². The second-order valence-corrected chi connectivity index (χ2v) is 11.1. The molecule has 0 saturated carbocycles. The Hall–Kier alpha value is -2.96. The van der Waals surface area contributed by atoms with E-state index in [1.54, 1.807) is 20.8 Å². The largest absolute Gasteiger partial charge is 0.744 e. The summed E-state index contributed by atoms with van der Waals surface area (Å²) in [6.07, 6.45) is 0. The van der Waals surface area contributed by atoms with Crippen LogP contribution in [0.2, 0.25) is 0 Å². The van der Waals surface area contributed by atoms with Crippen molar-refractivity contribution >= 4 is 16.1 Å². The molecule has 2 atom stereocenters. The van der Waals surface area contributed by atoms with Crippen molar-refractivity contribution < 1.29 is 22.5 Å². The number of carbonyl (C=O) groups excluding carboxylic acids is 1. The van der Waals surface area contributed by atoms with Gasteiger partial charge in [-0.3, -0.25) is 4.79 Å². The number of rotatable bonds is 4.